The number of nitrogens with one attached hydrogen (secondary N) is 1. The van der Waals surface area contributed by atoms with Crippen molar-refractivity contribution in [2.75, 3.05) is 11.9 Å². The molecule has 0 aliphatic heterocycles. The number of anilines is 1. The van der Waals surface area contributed by atoms with Gasteiger partial charge in [-0.15, -0.1) is 0 Å². The Hall–Kier alpha value is -1.59. The summed E-state index contributed by atoms with van der Waals surface area (Å²) < 4.78 is 1.08. The molecule has 0 aliphatic rings. The van der Waals surface area contributed by atoms with E-state index in [0.717, 1.165) is 31.8 Å². The molecule has 0 radical (unpaired) electrons. The summed E-state index contributed by atoms with van der Waals surface area (Å²) in [6.45, 7) is 2.85. The molecule has 21 heavy (non-hydrogen) atoms. The van der Waals surface area contributed by atoms with Crippen LogP contribution in [0, 0.1) is 0 Å². The van der Waals surface area contributed by atoms with E-state index in [1.807, 2.05) is 37.3 Å². The number of aromatic nitrogens is 2. The molecular weight excluding hydrogens is 346 g/mol. The molecule has 0 aliphatic carbocycles. The summed E-state index contributed by atoms with van der Waals surface area (Å²) >= 11 is 5.11. The molecular formula is C16H14BrN3S. The lowest BCUT2D eigenvalue weighted by Gasteiger charge is -2.09. The van der Waals surface area contributed by atoms with Gasteiger partial charge < -0.3 is 5.32 Å². The van der Waals surface area contributed by atoms with Crippen molar-refractivity contribution in [1.82, 2.24) is 9.97 Å². The van der Waals surface area contributed by atoms with E-state index in [2.05, 4.69) is 49.4 Å². The first kappa shape index (κ1) is 14.4. The second-order valence-corrected chi connectivity index (χ2v) is 6.43. The van der Waals surface area contributed by atoms with Gasteiger partial charge in [0.15, 0.2) is 0 Å². The highest BCUT2D eigenvalue weighted by atomic mass is 79.9. The largest absolute Gasteiger partial charge is 0.354 e. The number of para-hydroxylation sites is 1. The summed E-state index contributed by atoms with van der Waals surface area (Å²) in [6, 6.07) is 16.3. The highest BCUT2D eigenvalue weighted by molar-refractivity contribution is 9.10. The van der Waals surface area contributed by atoms with Crippen LogP contribution >= 0.6 is 27.7 Å². The van der Waals surface area contributed by atoms with Crippen LogP contribution in [0.15, 0.2) is 62.9 Å². The topological polar surface area (TPSA) is 37.8 Å². The average molecular weight is 360 g/mol. The second kappa shape index (κ2) is 6.45. The predicted molar refractivity (Wildman–Crippen MR) is 92.0 cm³/mol. The minimum Gasteiger partial charge on any atom is -0.354 e. The van der Waals surface area contributed by atoms with Crippen LogP contribution in [-0.2, 0) is 0 Å². The molecule has 5 heteroatoms. The first-order valence-electron chi connectivity index (χ1n) is 6.70. The Morgan fingerprint density at radius 3 is 2.57 bits per heavy atom. The molecule has 1 N–H and O–H groups in total. The highest BCUT2D eigenvalue weighted by Crippen LogP contribution is 2.32. The van der Waals surface area contributed by atoms with E-state index in [-0.39, 0.29) is 0 Å². The van der Waals surface area contributed by atoms with Gasteiger partial charge in [-0.25, -0.2) is 9.97 Å². The number of halogens is 1. The Bertz CT molecular complexity index is 759. The third-order valence-electron chi connectivity index (χ3n) is 2.93. The van der Waals surface area contributed by atoms with Crippen molar-refractivity contribution in [1.29, 1.82) is 0 Å². The summed E-state index contributed by atoms with van der Waals surface area (Å²) in [5, 5.41) is 5.24. The number of fused-ring (bicyclic) bond motifs is 1. The van der Waals surface area contributed by atoms with E-state index >= 15 is 0 Å². The summed E-state index contributed by atoms with van der Waals surface area (Å²) in [5.74, 6) is 0.677. The van der Waals surface area contributed by atoms with Gasteiger partial charge in [-0.1, -0.05) is 45.9 Å². The molecule has 3 rings (SSSR count). The quantitative estimate of drug-likeness (QED) is 0.667. The van der Waals surface area contributed by atoms with Crippen LogP contribution in [0.1, 0.15) is 6.92 Å². The van der Waals surface area contributed by atoms with Crippen molar-refractivity contribution in [3.8, 4) is 0 Å². The summed E-state index contributed by atoms with van der Waals surface area (Å²) in [7, 11) is 0. The number of rotatable bonds is 4. The molecule has 2 aromatic carbocycles. The van der Waals surface area contributed by atoms with Gasteiger partial charge in [-0.05, 0) is 37.3 Å². The fraction of sp³-hybridized carbons (Fsp3) is 0.125. The normalized spacial score (nSPS) is 10.8. The van der Waals surface area contributed by atoms with E-state index < -0.39 is 0 Å². The zero-order valence-corrected chi connectivity index (χ0v) is 13.9. The van der Waals surface area contributed by atoms with Crippen molar-refractivity contribution < 1.29 is 0 Å². The maximum atomic E-state index is 4.64. The van der Waals surface area contributed by atoms with Gasteiger partial charge in [0, 0.05) is 21.3 Å². The third kappa shape index (κ3) is 3.36. The molecule has 3 nitrogen and oxygen atoms in total. The molecule has 0 bridgehead atoms. The highest BCUT2D eigenvalue weighted by Gasteiger charge is 2.08. The van der Waals surface area contributed by atoms with Crippen LogP contribution in [0.2, 0.25) is 0 Å². The van der Waals surface area contributed by atoms with E-state index in [0.29, 0.717) is 5.95 Å². The number of benzene rings is 2. The zero-order chi connectivity index (χ0) is 14.7. The molecule has 1 aromatic heterocycles. The van der Waals surface area contributed by atoms with Crippen molar-refractivity contribution in [3.63, 3.8) is 0 Å². The maximum absolute atomic E-state index is 4.64. The molecule has 106 valence electrons. The molecule has 0 unspecified atom stereocenters. The zero-order valence-electron chi connectivity index (χ0n) is 11.5. The Kier molecular flexibility index (Phi) is 4.41. The van der Waals surface area contributed by atoms with Gasteiger partial charge in [-0.3, -0.25) is 0 Å². The van der Waals surface area contributed by atoms with Crippen molar-refractivity contribution in [2.24, 2.45) is 0 Å². The SMILES string of the molecule is CCNc1nc(Sc2ccc(Br)cc2)c2ccccc2n1. The van der Waals surface area contributed by atoms with Gasteiger partial charge in [0.25, 0.3) is 0 Å². The van der Waals surface area contributed by atoms with Crippen LogP contribution in [-0.4, -0.2) is 16.5 Å². The number of nitrogens with zero attached hydrogens (tertiary/aromatic N) is 2. The van der Waals surface area contributed by atoms with E-state index in [9.17, 15) is 0 Å². The van der Waals surface area contributed by atoms with Crippen LogP contribution in [0.4, 0.5) is 5.95 Å². The summed E-state index contributed by atoms with van der Waals surface area (Å²) in [6.07, 6.45) is 0. The minimum atomic E-state index is 0.677. The molecule has 0 amide bonds. The van der Waals surface area contributed by atoms with Gasteiger partial charge in [0.2, 0.25) is 5.95 Å². The lowest BCUT2D eigenvalue weighted by Crippen LogP contribution is -2.03. The Morgan fingerprint density at radius 1 is 1.05 bits per heavy atom. The lowest BCUT2D eigenvalue weighted by molar-refractivity contribution is 1.05. The van der Waals surface area contributed by atoms with Gasteiger partial charge >= 0.3 is 0 Å². The fourth-order valence-electron chi connectivity index (χ4n) is 1.98. The van der Waals surface area contributed by atoms with E-state index in [4.69, 9.17) is 0 Å². The summed E-state index contributed by atoms with van der Waals surface area (Å²) in [5.41, 5.74) is 0.961. The Balaban J connectivity index is 2.04. The molecule has 0 spiro atoms. The predicted octanol–water partition coefficient (Wildman–Crippen LogP) is 4.98. The Morgan fingerprint density at radius 2 is 1.81 bits per heavy atom. The smallest absolute Gasteiger partial charge is 0.224 e. The summed E-state index contributed by atoms with van der Waals surface area (Å²) in [4.78, 5) is 10.3. The lowest BCUT2D eigenvalue weighted by atomic mass is 10.2. The standard InChI is InChI=1S/C16H14BrN3S/c1-2-18-16-19-14-6-4-3-5-13(14)15(20-16)21-12-9-7-11(17)8-10-12/h3-10H,2H2,1H3,(H,18,19,20). The monoisotopic (exact) mass is 359 g/mol. The molecule has 0 saturated carbocycles. The molecule has 1 heterocycles. The van der Waals surface area contributed by atoms with Crippen LogP contribution < -0.4 is 5.32 Å². The fourth-order valence-corrected chi connectivity index (χ4v) is 3.15. The van der Waals surface area contributed by atoms with Gasteiger partial charge in [0.05, 0.1) is 5.52 Å². The third-order valence-corrected chi connectivity index (χ3v) is 4.47. The number of hydrogen-bond acceptors (Lipinski definition) is 4. The molecule has 0 saturated heterocycles. The first-order chi connectivity index (χ1) is 10.3. The maximum Gasteiger partial charge on any atom is 0.224 e. The second-order valence-electron chi connectivity index (χ2n) is 4.46. The molecule has 3 aromatic rings. The average Bonchev–Trinajstić information content (AvgIpc) is 2.50. The van der Waals surface area contributed by atoms with Gasteiger partial charge in [0.1, 0.15) is 5.03 Å². The van der Waals surface area contributed by atoms with Crippen LogP contribution in [0.3, 0.4) is 0 Å². The molecule has 0 atom stereocenters. The van der Waals surface area contributed by atoms with E-state index in [1.165, 1.54) is 0 Å². The Labute approximate surface area is 136 Å². The van der Waals surface area contributed by atoms with Crippen LogP contribution in [0.25, 0.3) is 10.9 Å². The van der Waals surface area contributed by atoms with Crippen LogP contribution in [0.5, 0.6) is 0 Å². The minimum absolute atomic E-state index is 0.677. The van der Waals surface area contributed by atoms with Gasteiger partial charge in [-0.2, -0.15) is 0 Å². The van der Waals surface area contributed by atoms with E-state index in [1.54, 1.807) is 11.8 Å². The van der Waals surface area contributed by atoms with Crippen molar-refractivity contribution >= 4 is 44.5 Å². The number of hydrogen-bond donors (Lipinski definition) is 1. The molecule has 0 fully saturated rings. The van der Waals surface area contributed by atoms with Crippen molar-refractivity contribution in [3.05, 3.63) is 53.0 Å². The van der Waals surface area contributed by atoms with Crippen molar-refractivity contribution in [2.45, 2.75) is 16.8 Å². The first-order valence-corrected chi connectivity index (χ1v) is 8.31.